The highest BCUT2D eigenvalue weighted by molar-refractivity contribution is 6.00. The van der Waals surface area contributed by atoms with E-state index < -0.39 is 0 Å². The van der Waals surface area contributed by atoms with Gasteiger partial charge in [0.25, 0.3) is 0 Å². The molecule has 0 radical (unpaired) electrons. The molecule has 1 aliphatic rings. The number of hydrogen-bond acceptors (Lipinski definition) is 6. The number of rotatable bonds is 16. The molecule has 0 unspecified atom stereocenters. The van der Waals surface area contributed by atoms with Gasteiger partial charge in [0.1, 0.15) is 11.5 Å². The van der Waals surface area contributed by atoms with Crippen LogP contribution in [0.15, 0.2) is 72.8 Å². The minimum atomic E-state index is -0.185. The molecule has 0 saturated heterocycles. The number of unbranched alkanes of at least 4 members (excludes halogenated alkanes) is 1. The molecule has 9 nitrogen and oxygen atoms in total. The van der Waals surface area contributed by atoms with Gasteiger partial charge in [0.05, 0.1) is 30.5 Å². The molecular formula is C40H50N6O3. The van der Waals surface area contributed by atoms with Crippen LogP contribution >= 0.6 is 0 Å². The topological polar surface area (TPSA) is 109 Å². The molecule has 0 bridgehead atoms. The molecule has 2 amide bonds. The number of para-hydroxylation sites is 1. The number of Topliss-reactive ketones (excluding diaryl/α,β-unsaturated/α-hetero) is 1. The van der Waals surface area contributed by atoms with Gasteiger partial charge in [0, 0.05) is 30.5 Å². The average molecular weight is 663 g/mol. The summed E-state index contributed by atoms with van der Waals surface area (Å²) in [6, 6.07) is 24.3. The maximum atomic E-state index is 13.8. The van der Waals surface area contributed by atoms with Gasteiger partial charge in [-0.2, -0.15) is 0 Å². The van der Waals surface area contributed by atoms with E-state index in [0.29, 0.717) is 57.7 Å². The lowest BCUT2D eigenvalue weighted by Crippen LogP contribution is -2.37. The zero-order chi connectivity index (χ0) is 34.8. The molecule has 9 heteroatoms. The van der Waals surface area contributed by atoms with Crippen molar-refractivity contribution in [1.82, 2.24) is 25.6 Å². The summed E-state index contributed by atoms with van der Waals surface area (Å²) < 4.78 is 1.95. The number of aromatic nitrogens is 3. The predicted molar refractivity (Wildman–Crippen MR) is 195 cm³/mol. The molecule has 1 atom stereocenters. The first kappa shape index (κ1) is 35.7. The van der Waals surface area contributed by atoms with E-state index in [4.69, 9.17) is 5.10 Å². The second-order valence-electron chi connectivity index (χ2n) is 13.5. The van der Waals surface area contributed by atoms with Crippen LogP contribution in [0.2, 0.25) is 0 Å². The van der Waals surface area contributed by atoms with Gasteiger partial charge in [0.2, 0.25) is 11.8 Å². The lowest BCUT2D eigenvalue weighted by molar-refractivity contribution is -0.122. The van der Waals surface area contributed by atoms with E-state index in [-0.39, 0.29) is 23.6 Å². The third-order valence-electron chi connectivity index (χ3n) is 9.10. The number of anilines is 1. The van der Waals surface area contributed by atoms with Crippen LogP contribution < -0.4 is 15.5 Å². The molecule has 0 spiro atoms. The zero-order valence-electron chi connectivity index (χ0n) is 29.4. The van der Waals surface area contributed by atoms with Gasteiger partial charge in [0.15, 0.2) is 0 Å². The summed E-state index contributed by atoms with van der Waals surface area (Å²) >= 11 is 0. The summed E-state index contributed by atoms with van der Waals surface area (Å²) in [5, 5.41) is 15.7. The molecule has 1 aliphatic heterocycles. The van der Waals surface area contributed by atoms with Crippen molar-refractivity contribution >= 4 is 23.3 Å². The van der Waals surface area contributed by atoms with Crippen LogP contribution in [0.3, 0.4) is 0 Å². The summed E-state index contributed by atoms with van der Waals surface area (Å²) in [5.74, 6) is 0.769. The number of nitrogens with zero attached hydrogens (tertiary/aromatic N) is 4. The maximum absolute atomic E-state index is 13.8. The first-order valence-electron chi connectivity index (χ1n) is 17.7. The molecule has 1 aromatic heterocycles. The summed E-state index contributed by atoms with van der Waals surface area (Å²) in [7, 11) is 0. The number of carbonyl (C=O) groups is 3. The van der Waals surface area contributed by atoms with Crippen molar-refractivity contribution in [3.05, 3.63) is 89.5 Å². The third kappa shape index (κ3) is 9.29. The Morgan fingerprint density at radius 2 is 1.55 bits per heavy atom. The molecule has 3 aromatic carbocycles. The first-order chi connectivity index (χ1) is 23.7. The van der Waals surface area contributed by atoms with E-state index in [9.17, 15) is 14.4 Å². The summed E-state index contributed by atoms with van der Waals surface area (Å²) in [5.41, 5.74) is 7.53. The molecule has 4 aromatic rings. The Morgan fingerprint density at radius 1 is 0.857 bits per heavy atom. The summed E-state index contributed by atoms with van der Waals surface area (Å²) in [6.07, 6.45) is 4.68. The fourth-order valence-corrected chi connectivity index (χ4v) is 6.30. The predicted octanol–water partition coefficient (Wildman–Crippen LogP) is 6.73. The second-order valence-corrected chi connectivity index (χ2v) is 13.5. The fourth-order valence-electron chi connectivity index (χ4n) is 6.30. The van der Waals surface area contributed by atoms with Gasteiger partial charge in [-0.25, -0.2) is 4.68 Å². The van der Waals surface area contributed by atoms with Gasteiger partial charge in [-0.05, 0) is 74.2 Å². The van der Waals surface area contributed by atoms with Crippen LogP contribution in [0.25, 0.3) is 22.5 Å². The normalized spacial score (nSPS) is 12.8. The number of nitrogens with one attached hydrogen (secondary N) is 2. The number of carbonyl (C=O) groups excluding carboxylic acids is 3. The molecule has 2 heterocycles. The Bertz CT molecular complexity index is 1730. The Hall–Kier alpha value is -4.63. The van der Waals surface area contributed by atoms with Crippen LogP contribution in [0, 0.1) is 5.92 Å². The molecular weight excluding hydrogens is 612 g/mol. The monoisotopic (exact) mass is 662 g/mol. The highest BCUT2D eigenvalue weighted by atomic mass is 16.2. The summed E-state index contributed by atoms with van der Waals surface area (Å²) in [4.78, 5) is 40.1. The Kier molecular flexibility index (Phi) is 12.5. The van der Waals surface area contributed by atoms with Crippen molar-refractivity contribution in [1.29, 1.82) is 0 Å². The Balaban J connectivity index is 1.35. The van der Waals surface area contributed by atoms with Crippen LogP contribution in [-0.2, 0) is 33.9 Å². The number of benzene rings is 3. The molecule has 2 N–H and O–H groups in total. The van der Waals surface area contributed by atoms with Crippen molar-refractivity contribution in [2.45, 2.75) is 91.8 Å². The fraction of sp³-hybridized carbons (Fsp3) is 0.425. The molecule has 258 valence electrons. The number of amides is 2. The highest BCUT2D eigenvalue weighted by Crippen LogP contribution is 2.41. The summed E-state index contributed by atoms with van der Waals surface area (Å²) in [6.45, 7) is 10.5. The molecule has 0 aliphatic carbocycles. The van der Waals surface area contributed by atoms with E-state index in [1.165, 1.54) is 0 Å². The standard InChI is InChI=1S/C40H50N6O3/c1-5-23-41-35(29(4)47)25-30-18-20-31(21-19-30)26-46-40-33-13-7-6-12-32(33)27-45(36-15-9-8-14-34(36)39(40)43-44-46)38(49)17-11-10-16-37(48)42-24-22-28(2)3/h6-9,12-15,18-21,28,35,41H,5,10-11,16-17,22-27H2,1-4H3,(H,42,48)/t35-/m0/s1. The Morgan fingerprint density at radius 3 is 2.29 bits per heavy atom. The number of fused-ring (bicyclic) bond motifs is 5. The van der Waals surface area contributed by atoms with Crippen LogP contribution in [-0.4, -0.2) is 51.7 Å². The van der Waals surface area contributed by atoms with Gasteiger partial charge >= 0.3 is 0 Å². The number of hydrogen-bond donors (Lipinski definition) is 2. The largest absolute Gasteiger partial charge is 0.356 e. The van der Waals surface area contributed by atoms with E-state index in [1.807, 2.05) is 46.0 Å². The minimum Gasteiger partial charge on any atom is -0.356 e. The van der Waals surface area contributed by atoms with Gasteiger partial charge < -0.3 is 15.5 Å². The number of ketones is 1. The van der Waals surface area contributed by atoms with Gasteiger partial charge in [-0.3, -0.25) is 14.4 Å². The lowest BCUT2D eigenvalue weighted by Gasteiger charge is -2.28. The van der Waals surface area contributed by atoms with Crippen LogP contribution in [0.1, 0.15) is 82.9 Å². The molecule has 49 heavy (non-hydrogen) atoms. The van der Waals surface area contributed by atoms with Crippen LogP contribution in [0.4, 0.5) is 5.69 Å². The zero-order valence-corrected chi connectivity index (χ0v) is 29.4. The third-order valence-corrected chi connectivity index (χ3v) is 9.10. The molecule has 5 rings (SSSR count). The lowest BCUT2D eigenvalue weighted by atomic mass is 9.95. The van der Waals surface area contributed by atoms with Gasteiger partial charge in [-0.15, -0.1) is 5.10 Å². The van der Waals surface area contributed by atoms with E-state index in [0.717, 1.165) is 64.3 Å². The van der Waals surface area contributed by atoms with Crippen molar-refractivity contribution in [3.63, 3.8) is 0 Å². The quantitative estimate of drug-likeness (QED) is 0.129. The van der Waals surface area contributed by atoms with E-state index >= 15 is 0 Å². The maximum Gasteiger partial charge on any atom is 0.227 e. The average Bonchev–Trinajstić information content (AvgIpc) is 3.49. The van der Waals surface area contributed by atoms with Crippen molar-refractivity contribution < 1.29 is 14.4 Å². The molecule has 0 saturated carbocycles. The van der Waals surface area contributed by atoms with Crippen molar-refractivity contribution in [3.8, 4) is 22.5 Å². The van der Waals surface area contributed by atoms with E-state index in [1.54, 1.807) is 6.92 Å². The Labute approximate surface area is 290 Å². The minimum absolute atomic E-state index is 0.0234. The van der Waals surface area contributed by atoms with Crippen LogP contribution in [0.5, 0.6) is 0 Å². The van der Waals surface area contributed by atoms with Gasteiger partial charge in [-0.1, -0.05) is 92.7 Å². The molecule has 0 fully saturated rings. The van der Waals surface area contributed by atoms with Crippen molar-refractivity contribution in [2.24, 2.45) is 5.92 Å². The first-order valence-corrected chi connectivity index (χ1v) is 17.7. The smallest absolute Gasteiger partial charge is 0.227 e. The van der Waals surface area contributed by atoms with E-state index in [2.05, 4.69) is 73.0 Å². The van der Waals surface area contributed by atoms with Crippen molar-refractivity contribution in [2.75, 3.05) is 18.0 Å². The highest BCUT2D eigenvalue weighted by Gasteiger charge is 2.29. The SMILES string of the molecule is CCCN[C@@H](Cc1ccc(Cn2nnc3c2-c2ccccc2CN(C(=O)CCCCC(=O)NCCC(C)C)c2ccccc2-3)cc1)C(C)=O. The second kappa shape index (κ2) is 17.2.